The molecule has 0 aromatic heterocycles. The van der Waals surface area contributed by atoms with Crippen LogP contribution in [0.25, 0.3) is 6.08 Å². The number of urea groups is 1. The van der Waals surface area contributed by atoms with E-state index in [1.165, 1.54) is 4.90 Å². The molecule has 1 saturated heterocycles. The number of hydrogen-bond donors (Lipinski definition) is 1. The van der Waals surface area contributed by atoms with Crippen LogP contribution in [-0.2, 0) is 11.3 Å². The summed E-state index contributed by atoms with van der Waals surface area (Å²) in [5.74, 6) is 0.453. The summed E-state index contributed by atoms with van der Waals surface area (Å²) in [4.78, 5) is 26.2. The number of nitrogens with zero attached hydrogens (tertiary/aromatic N) is 1. The number of halogens is 2. The summed E-state index contributed by atoms with van der Waals surface area (Å²) in [5, 5.41) is 2.67. The van der Waals surface area contributed by atoms with E-state index in [0.29, 0.717) is 6.61 Å². The fraction of sp³-hybridized carbons (Fsp3) is 0.143. The number of amides is 3. The zero-order valence-electron chi connectivity index (χ0n) is 15.2. The second-order valence-corrected chi connectivity index (χ2v) is 8.61. The lowest BCUT2D eigenvalue weighted by atomic mass is 10.1. The van der Waals surface area contributed by atoms with Crippen LogP contribution in [0.3, 0.4) is 0 Å². The molecule has 1 N–H and O–H groups in total. The largest absolute Gasteiger partial charge is 0.487 e. The molecule has 0 saturated carbocycles. The monoisotopic (exact) mass is 600 g/mol. The van der Waals surface area contributed by atoms with Crippen molar-refractivity contribution in [2.24, 2.45) is 0 Å². The molecule has 144 valence electrons. The molecular weight excluding hydrogens is 582 g/mol. The highest BCUT2D eigenvalue weighted by atomic mass is 127. The third-order valence-corrected chi connectivity index (χ3v) is 5.67. The second kappa shape index (κ2) is 9.08. The van der Waals surface area contributed by atoms with Crippen LogP contribution in [0, 0.1) is 14.1 Å². The molecule has 0 unspecified atom stereocenters. The third kappa shape index (κ3) is 4.75. The van der Waals surface area contributed by atoms with Crippen LogP contribution in [0.1, 0.15) is 16.7 Å². The maximum absolute atomic E-state index is 12.7. The molecule has 7 heteroatoms. The Kier molecular flexibility index (Phi) is 6.76. The highest BCUT2D eigenvalue weighted by Crippen LogP contribution is 2.30. The minimum absolute atomic E-state index is 0.243. The van der Waals surface area contributed by atoms with Gasteiger partial charge in [0.05, 0.1) is 13.7 Å². The fourth-order valence-electron chi connectivity index (χ4n) is 2.82. The van der Waals surface area contributed by atoms with Crippen molar-refractivity contribution in [3.05, 3.63) is 78.6 Å². The predicted molar refractivity (Wildman–Crippen MR) is 126 cm³/mol. The van der Waals surface area contributed by atoms with Crippen molar-refractivity contribution in [2.45, 2.75) is 13.5 Å². The summed E-state index contributed by atoms with van der Waals surface area (Å²) in [5.41, 5.74) is 3.09. The molecule has 1 heterocycles. The van der Waals surface area contributed by atoms with E-state index in [1.807, 2.05) is 43.3 Å². The molecule has 1 fully saturated rings. The third-order valence-electron chi connectivity index (χ3n) is 4.06. The maximum atomic E-state index is 12.7. The Balaban J connectivity index is 1.82. The van der Waals surface area contributed by atoms with Crippen molar-refractivity contribution in [3.8, 4) is 5.75 Å². The summed E-state index contributed by atoms with van der Waals surface area (Å²) in [6.45, 7) is 6.30. The molecule has 3 rings (SSSR count). The topological polar surface area (TPSA) is 58.6 Å². The summed E-state index contributed by atoms with van der Waals surface area (Å²) >= 11 is 4.39. The number of nitrogens with one attached hydrogen (secondary N) is 1. The van der Waals surface area contributed by atoms with Gasteiger partial charge in [0.25, 0.3) is 5.91 Å². The number of rotatable bonds is 6. The Morgan fingerprint density at radius 1 is 1.18 bits per heavy atom. The smallest absolute Gasteiger partial charge is 0.329 e. The van der Waals surface area contributed by atoms with Gasteiger partial charge in [0.1, 0.15) is 18.1 Å². The van der Waals surface area contributed by atoms with E-state index in [-0.39, 0.29) is 18.1 Å². The van der Waals surface area contributed by atoms with Crippen LogP contribution in [0.15, 0.2) is 54.8 Å². The van der Waals surface area contributed by atoms with Crippen molar-refractivity contribution in [3.63, 3.8) is 0 Å². The zero-order chi connectivity index (χ0) is 20.3. The lowest BCUT2D eigenvalue weighted by Gasteiger charge is -2.12. The molecule has 0 radical (unpaired) electrons. The van der Waals surface area contributed by atoms with Gasteiger partial charge in [0.2, 0.25) is 0 Å². The first-order chi connectivity index (χ1) is 13.4. The number of carbonyl (C=O) groups is 2. The number of hydrogen-bond acceptors (Lipinski definition) is 3. The van der Waals surface area contributed by atoms with Gasteiger partial charge in [0.15, 0.2) is 0 Å². The van der Waals surface area contributed by atoms with Crippen molar-refractivity contribution in [1.82, 2.24) is 10.2 Å². The molecular formula is C21H18I2N2O3. The first-order valence-electron chi connectivity index (χ1n) is 8.52. The van der Waals surface area contributed by atoms with Gasteiger partial charge in [-0.2, -0.15) is 0 Å². The van der Waals surface area contributed by atoms with E-state index in [4.69, 9.17) is 4.74 Å². The normalized spacial score (nSPS) is 15.1. The Hall–Kier alpha value is -1.88. The van der Waals surface area contributed by atoms with Crippen molar-refractivity contribution < 1.29 is 14.3 Å². The van der Waals surface area contributed by atoms with Crippen molar-refractivity contribution in [1.29, 1.82) is 0 Å². The van der Waals surface area contributed by atoms with Gasteiger partial charge in [-0.25, -0.2) is 4.79 Å². The highest BCUT2D eigenvalue weighted by molar-refractivity contribution is 14.1. The molecule has 1 aliphatic rings. The van der Waals surface area contributed by atoms with Crippen LogP contribution in [0.2, 0.25) is 0 Å². The van der Waals surface area contributed by atoms with Gasteiger partial charge in [-0.15, -0.1) is 0 Å². The number of ether oxygens (including phenoxy) is 1. The van der Waals surface area contributed by atoms with Crippen LogP contribution in [0.4, 0.5) is 4.79 Å². The van der Waals surface area contributed by atoms with E-state index < -0.39 is 6.03 Å². The Morgan fingerprint density at radius 2 is 1.89 bits per heavy atom. The summed E-state index contributed by atoms with van der Waals surface area (Å²) < 4.78 is 7.52. The minimum atomic E-state index is -0.409. The lowest BCUT2D eigenvalue weighted by Crippen LogP contribution is -2.30. The van der Waals surface area contributed by atoms with Crippen LogP contribution < -0.4 is 10.1 Å². The molecule has 0 spiro atoms. The van der Waals surface area contributed by atoms with Gasteiger partial charge >= 0.3 is 6.03 Å². The van der Waals surface area contributed by atoms with Gasteiger partial charge in [-0.1, -0.05) is 42.5 Å². The molecule has 1 aliphatic heterocycles. The Morgan fingerprint density at radius 3 is 2.54 bits per heavy atom. The van der Waals surface area contributed by atoms with Gasteiger partial charge in [0, 0.05) is 0 Å². The van der Waals surface area contributed by atoms with E-state index in [9.17, 15) is 9.59 Å². The van der Waals surface area contributed by atoms with Crippen molar-refractivity contribution in [2.75, 3.05) is 6.61 Å². The quantitative estimate of drug-likeness (QED) is 0.223. The molecule has 0 bridgehead atoms. The fourth-order valence-corrected chi connectivity index (χ4v) is 4.95. The van der Waals surface area contributed by atoms with Crippen LogP contribution in [0.5, 0.6) is 5.75 Å². The average Bonchev–Trinajstić information content (AvgIpc) is 2.89. The molecule has 3 amide bonds. The van der Waals surface area contributed by atoms with E-state index >= 15 is 0 Å². The van der Waals surface area contributed by atoms with E-state index in [1.54, 1.807) is 12.2 Å². The first-order valence-corrected chi connectivity index (χ1v) is 10.7. The average molecular weight is 600 g/mol. The number of carbonyl (C=O) groups excluding carboxylic acids is 2. The summed E-state index contributed by atoms with van der Waals surface area (Å²) in [6.07, 6.45) is 3.38. The minimum Gasteiger partial charge on any atom is -0.487 e. The first kappa shape index (κ1) is 20.8. The van der Waals surface area contributed by atoms with Crippen molar-refractivity contribution >= 4 is 63.2 Å². The lowest BCUT2D eigenvalue weighted by molar-refractivity contribution is -0.123. The molecule has 5 nitrogen and oxygen atoms in total. The van der Waals surface area contributed by atoms with Gasteiger partial charge in [-0.3, -0.25) is 9.69 Å². The number of imide groups is 1. The summed E-state index contributed by atoms with van der Waals surface area (Å²) in [7, 11) is 0. The van der Waals surface area contributed by atoms with E-state index in [0.717, 1.165) is 29.6 Å². The second-order valence-electron chi connectivity index (χ2n) is 6.28. The number of benzene rings is 2. The molecule has 2 aromatic rings. The standard InChI is InChI=1S/C21H18I2N2O3/c1-3-7-28-19-16(22)9-15(10-17(19)23)11-18-20(26)25(21(27)24-18)12-14-6-4-5-13(2)8-14/h3-6,8-11H,1,7,12H2,2H3,(H,24,27)/b18-11+. The Bertz CT molecular complexity index is 962. The molecule has 28 heavy (non-hydrogen) atoms. The maximum Gasteiger partial charge on any atom is 0.329 e. The van der Waals surface area contributed by atoms with E-state index in [2.05, 4.69) is 57.1 Å². The molecule has 0 aliphatic carbocycles. The highest BCUT2D eigenvalue weighted by Gasteiger charge is 2.33. The zero-order valence-corrected chi connectivity index (χ0v) is 19.5. The van der Waals surface area contributed by atoms with Crippen LogP contribution >= 0.6 is 45.2 Å². The van der Waals surface area contributed by atoms with Gasteiger partial charge in [-0.05, 0) is 81.4 Å². The summed E-state index contributed by atoms with van der Waals surface area (Å²) in [6, 6.07) is 11.2. The Labute approximate surface area is 191 Å². The van der Waals surface area contributed by atoms with Gasteiger partial charge < -0.3 is 10.1 Å². The molecule has 0 atom stereocenters. The van der Waals surface area contributed by atoms with Crippen LogP contribution in [-0.4, -0.2) is 23.4 Å². The predicted octanol–water partition coefficient (Wildman–Crippen LogP) is 4.86. The number of aryl methyl sites for hydroxylation is 1. The SMILES string of the molecule is C=CCOc1c(I)cc(/C=C2/NC(=O)N(Cc3cccc(C)c3)C2=O)cc1I. The molecule has 2 aromatic carbocycles.